The standard InChI is InChI=1S/C20H21N3O4/c1-20(2,3)19(25)22-11-10-13-8-9-14(12-17(13)22)21-18(24)15-6-4-5-7-16(15)23(26)27/h4-9,12H,10-11H2,1-3H3,(H,21,24). The number of anilines is 2. The first-order chi connectivity index (χ1) is 12.7. The van der Waals surface area contributed by atoms with Gasteiger partial charge in [0, 0.05) is 29.4 Å². The van der Waals surface area contributed by atoms with Crippen LogP contribution in [0.2, 0.25) is 0 Å². The van der Waals surface area contributed by atoms with Crippen LogP contribution in [0.3, 0.4) is 0 Å². The molecule has 2 amide bonds. The second-order valence-electron chi connectivity index (χ2n) is 7.53. The third-order valence-electron chi connectivity index (χ3n) is 4.47. The molecule has 0 saturated carbocycles. The number of amides is 2. The van der Waals surface area contributed by atoms with E-state index in [4.69, 9.17) is 0 Å². The molecule has 1 heterocycles. The van der Waals surface area contributed by atoms with Crippen molar-refractivity contribution in [1.82, 2.24) is 0 Å². The quantitative estimate of drug-likeness (QED) is 0.660. The van der Waals surface area contributed by atoms with Crippen LogP contribution in [0.25, 0.3) is 0 Å². The second-order valence-corrected chi connectivity index (χ2v) is 7.53. The van der Waals surface area contributed by atoms with Gasteiger partial charge in [0.2, 0.25) is 5.91 Å². The molecule has 0 fully saturated rings. The third-order valence-corrected chi connectivity index (χ3v) is 4.47. The molecule has 0 bridgehead atoms. The molecule has 0 atom stereocenters. The number of nitro groups is 1. The van der Waals surface area contributed by atoms with Crippen LogP contribution in [0.5, 0.6) is 0 Å². The van der Waals surface area contributed by atoms with Crippen molar-refractivity contribution in [2.75, 3.05) is 16.8 Å². The van der Waals surface area contributed by atoms with E-state index < -0.39 is 16.2 Å². The number of carbonyl (C=O) groups excluding carboxylic acids is 2. The molecule has 1 aliphatic heterocycles. The summed E-state index contributed by atoms with van der Waals surface area (Å²) in [7, 11) is 0. The first-order valence-electron chi connectivity index (χ1n) is 8.68. The van der Waals surface area contributed by atoms with E-state index in [1.54, 1.807) is 23.1 Å². The predicted octanol–water partition coefficient (Wildman–Crippen LogP) is 3.78. The number of carbonyl (C=O) groups is 2. The molecule has 3 rings (SSSR count). The van der Waals surface area contributed by atoms with Gasteiger partial charge in [-0.15, -0.1) is 0 Å². The van der Waals surface area contributed by atoms with Crippen molar-refractivity contribution in [3.05, 3.63) is 63.7 Å². The summed E-state index contributed by atoms with van der Waals surface area (Å²) >= 11 is 0. The lowest BCUT2D eigenvalue weighted by Gasteiger charge is -2.26. The van der Waals surface area contributed by atoms with Crippen LogP contribution in [0, 0.1) is 15.5 Å². The number of nitro benzene ring substituents is 1. The van der Waals surface area contributed by atoms with E-state index >= 15 is 0 Å². The van der Waals surface area contributed by atoms with Gasteiger partial charge in [0.05, 0.1) is 4.92 Å². The Hall–Kier alpha value is -3.22. The van der Waals surface area contributed by atoms with Crippen LogP contribution in [0.15, 0.2) is 42.5 Å². The van der Waals surface area contributed by atoms with Gasteiger partial charge in [-0.3, -0.25) is 19.7 Å². The van der Waals surface area contributed by atoms with Gasteiger partial charge in [-0.05, 0) is 30.2 Å². The van der Waals surface area contributed by atoms with Gasteiger partial charge in [0.25, 0.3) is 11.6 Å². The largest absolute Gasteiger partial charge is 0.322 e. The number of fused-ring (bicyclic) bond motifs is 1. The zero-order valence-electron chi connectivity index (χ0n) is 15.5. The van der Waals surface area contributed by atoms with E-state index in [0.29, 0.717) is 12.2 Å². The van der Waals surface area contributed by atoms with Crippen LogP contribution in [0.1, 0.15) is 36.7 Å². The lowest BCUT2D eigenvalue weighted by molar-refractivity contribution is -0.385. The van der Waals surface area contributed by atoms with E-state index in [2.05, 4.69) is 5.32 Å². The zero-order valence-corrected chi connectivity index (χ0v) is 15.5. The van der Waals surface area contributed by atoms with Crippen molar-refractivity contribution in [1.29, 1.82) is 0 Å². The van der Waals surface area contributed by atoms with Gasteiger partial charge in [-0.25, -0.2) is 0 Å². The molecule has 0 radical (unpaired) electrons. The van der Waals surface area contributed by atoms with Gasteiger partial charge in [-0.2, -0.15) is 0 Å². The fourth-order valence-corrected chi connectivity index (χ4v) is 3.10. The molecule has 0 aliphatic carbocycles. The Balaban J connectivity index is 1.87. The number of hydrogen-bond acceptors (Lipinski definition) is 4. The van der Waals surface area contributed by atoms with Gasteiger partial charge in [0.15, 0.2) is 0 Å². The third kappa shape index (κ3) is 3.67. The van der Waals surface area contributed by atoms with Gasteiger partial charge in [-0.1, -0.05) is 39.0 Å². The van der Waals surface area contributed by atoms with Crippen LogP contribution < -0.4 is 10.2 Å². The molecule has 27 heavy (non-hydrogen) atoms. The molecule has 0 unspecified atom stereocenters. The molecule has 1 N–H and O–H groups in total. The second kappa shape index (κ2) is 6.83. The highest BCUT2D eigenvalue weighted by molar-refractivity contribution is 6.07. The van der Waals surface area contributed by atoms with E-state index in [1.165, 1.54) is 18.2 Å². The minimum atomic E-state index is -0.582. The monoisotopic (exact) mass is 367 g/mol. The Morgan fingerprint density at radius 1 is 1.15 bits per heavy atom. The van der Waals surface area contributed by atoms with Crippen LogP contribution in [-0.2, 0) is 11.2 Å². The molecular formula is C20H21N3O4. The Morgan fingerprint density at radius 3 is 2.52 bits per heavy atom. The number of nitrogens with one attached hydrogen (secondary N) is 1. The Bertz CT molecular complexity index is 931. The van der Waals surface area contributed by atoms with Crippen molar-refractivity contribution < 1.29 is 14.5 Å². The lowest BCUT2D eigenvalue weighted by Crippen LogP contribution is -2.38. The molecule has 2 aromatic rings. The maximum atomic E-state index is 12.7. The van der Waals surface area contributed by atoms with Crippen molar-refractivity contribution >= 4 is 28.9 Å². The molecular weight excluding hydrogens is 346 g/mol. The number of benzene rings is 2. The van der Waals surface area contributed by atoms with Gasteiger partial charge < -0.3 is 10.2 Å². The topological polar surface area (TPSA) is 92.6 Å². The van der Waals surface area contributed by atoms with Crippen molar-refractivity contribution in [2.45, 2.75) is 27.2 Å². The number of nitrogens with zero attached hydrogens (tertiary/aromatic N) is 2. The van der Waals surface area contributed by atoms with Crippen LogP contribution >= 0.6 is 0 Å². The Kier molecular flexibility index (Phi) is 4.70. The summed E-state index contributed by atoms with van der Waals surface area (Å²) in [5.74, 6) is -0.544. The van der Waals surface area contributed by atoms with Crippen molar-refractivity contribution in [3.8, 4) is 0 Å². The maximum absolute atomic E-state index is 12.7. The Morgan fingerprint density at radius 2 is 1.85 bits per heavy atom. The maximum Gasteiger partial charge on any atom is 0.282 e. The minimum Gasteiger partial charge on any atom is -0.322 e. The molecule has 1 aliphatic rings. The molecule has 0 aromatic heterocycles. The summed E-state index contributed by atoms with van der Waals surface area (Å²) in [5.41, 5.74) is 1.54. The molecule has 140 valence electrons. The number of rotatable bonds is 3. The fourth-order valence-electron chi connectivity index (χ4n) is 3.10. The van der Waals surface area contributed by atoms with Gasteiger partial charge in [0.1, 0.15) is 5.56 Å². The predicted molar refractivity (Wildman–Crippen MR) is 103 cm³/mol. The zero-order chi connectivity index (χ0) is 19.8. The SMILES string of the molecule is CC(C)(C)C(=O)N1CCc2ccc(NC(=O)c3ccccc3[N+](=O)[O-])cc21. The summed E-state index contributed by atoms with van der Waals surface area (Å²) < 4.78 is 0. The normalized spacial score (nSPS) is 13.2. The minimum absolute atomic E-state index is 0.00868. The van der Waals surface area contributed by atoms with E-state index in [1.807, 2.05) is 26.8 Å². The van der Waals surface area contributed by atoms with Crippen LogP contribution in [0.4, 0.5) is 17.1 Å². The van der Waals surface area contributed by atoms with Crippen LogP contribution in [-0.4, -0.2) is 23.3 Å². The lowest BCUT2D eigenvalue weighted by atomic mass is 9.94. The van der Waals surface area contributed by atoms with E-state index in [-0.39, 0.29) is 17.2 Å². The van der Waals surface area contributed by atoms with E-state index in [0.717, 1.165) is 17.7 Å². The first-order valence-corrected chi connectivity index (χ1v) is 8.68. The highest BCUT2D eigenvalue weighted by Crippen LogP contribution is 2.34. The summed E-state index contributed by atoms with van der Waals surface area (Å²) in [6, 6.07) is 11.2. The molecule has 0 saturated heterocycles. The fraction of sp³-hybridized carbons (Fsp3) is 0.300. The highest BCUT2D eigenvalue weighted by atomic mass is 16.6. The summed E-state index contributed by atoms with van der Waals surface area (Å²) in [4.78, 5) is 37.5. The van der Waals surface area contributed by atoms with E-state index in [9.17, 15) is 19.7 Å². The highest BCUT2D eigenvalue weighted by Gasteiger charge is 2.32. The molecule has 7 heteroatoms. The van der Waals surface area contributed by atoms with Gasteiger partial charge >= 0.3 is 0 Å². The summed E-state index contributed by atoms with van der Waals surface area (Å²) in [5, 5.41) is 13.8. The van der Waals surface area contributed by atoms with Crippen molar-refractivity contribution in [2.24, 2.45) is 5.41 Å². The average molecular weight is 367 g/mol. The first kappa shape index (κ1) is 18.6. The summed E-state index contributed by atoms with van der Waals surface area (Å²) in [6.07, 6.45) is 0.759. The number of hydrogen-bond donors (Lipinski definition) is 1. The number of para-hydroxylation sites is 1. The average Bonchev–Trinajstić information content (AvgIpc) is 3.03. The smallest absolute Gasteiger partial charge is 0.282 e. The van der Waals surface area contributed by atoms with Crippen molar-refractivity contribution in [3.63, 3.8) is 0 Å². The molecule has 7 nitrogen and oxygen atoms in total. The Labute approximate surface area is 157 Å². The molecule has 0 spiro atoms. The molecule has 2 aromatic carbocycles. The summed E-state index contributed by atoms with van der Waals surface area (Å²) in [6.45, 7) is 6.21.